The Balaban J connectivity index is 2.84. The van der Waals surface area contributed by atoms with Gasteiger partial charge >= 0.3 is 0 Å². The van der Waals surface area contributed by atoms with Gasteiger partial charge in [0.25, 0.3) is 0 Å². The Morgan fingerprint density at radius 2 is 1.93 bits per heavy atom. The molecule has 0 bridgehead atoms. The second-order valence-electron chi connectivity index (χ2n) is 2.80. The molecule has 14 heavy (non-hydrogen) atoms. The zero-order chi connectivity index (χ0) is 10.6. The largest absolute Gasteiger partial charge is 0.397 e. The van der Waals surface area contributed by atoms with Crippen LogP contribution < -0.4 is 16.2 Å². The van der Waals surface area contributed by atoms with Gasteiger partial charge in [-0.05, 0) is 12.1 Å². The number of hydrogen-bond donors (Lipinski definition) is 3. The van der Waals surface area contributed by atoms with Gasteiger partial charge < -0.3 is 11.5 Å². The number of benzene rings is 1. The first kappa shape index (κ1) is 10.8. The number of nitrogens with two attached hydrogens (primary N) is 2. The summed E-state index contributed by atoms with van der Waals surface area (Å²) in [5.41, 5.74) is 11.5. The number of rotatable bonds is 4. The van der Waals surface area contributed by atoms with Crippen molar-refractivity contribution in [3.8, 4) is 0 Å². The molecule has 0 atom stereocenters. The minimum atomic E-state index is -3.36. The van der Waals surface area contributed by atoms with Gasteiger partial charge in [0.1, 0.15) is 0 Å². The number of nitrogens with one attached hydrogen (secondary N) is 1. The van der Waals surface area contributed by atoms with E-state index in [1.165, 1.54) is 0 Å². The van der Waals surface area contributed by atoms with Gasteiger partial charge in [0.15, 0.2) is 0 Å². The summed E-state index contributed by atoms with van der Waals surface area (Å²) < 4.78 is 25.0. The van der Waals surface area contributed by atoms with Crippen LogP contribution in [0.5, 0.6) is 0 Å². The fraction of sp³-hybridized carbons (Fsp3) is 0.250. The SMILES string of the molecule is NCCS(=O)(=O)Nc1ccccc1N. The molecular weight excluding hydrogens is 202 g/mol. The second-order valence-corrected chi connectivity index (χ2v) is 4.64. The number of sulfonamides is 1. The fourth-order valence-corrected chi connectivity index (χ4v) is 1.90. The highest BCUT2D eigenvalue weighted by molar-refractivity contribution is 7.92. The lowest BCUT2D eigenvalue weighted by molar-refractivity contribution is 0.601. The Hall–Kier alpha value is -1.27. The van der Waals surface area contributed by atoms with Crippen molar-refractivity contribution in [1.82, 2.24) is 0 Å². The van der Waals surface area contributed by atoms with Gasteiger partial charge in [0.05, 0.1) is 17.1 Å². The van der Waals surface area contributed by atoms with E-state index in [-0.39, 0.29) is 12.3 Å². The van der Waals surface area contributed by atoms with Crippen molar-refractivity contribution in [2.24, 2.45) is 5.73 Å². The number of hydrogen-bond acceptors (Lipinski definition) is 4. The third-order valence-corrected chi connectivity index (χ3v) is 2.92. The number of anilines is 2. The molecule has 0 aromatic heterocycles. The molecule has 6 heteroatoms. The van der Waals surface area contributed by atoms with Crippen LogP contribution in [0, 0.1) is 0 Å². The van der Waals surface area contributed by atoms with Crippen molar-refractivity contribution in [2.45, 2.75) is 0 Å². The number of nitrogen functional groups attached to an aromatic ring is 1. The summed E-state index contributed by atoms with van der Waals surface area (Å²) in [6.07, 6.45) is 0. The third-order valence-electron chi connectivity index (χ3n) is 1.61. The monoisotopic (exact) mass is 215 g/mol. The van der Waals surface area contributed by atoms with E-state index in [1.807, 2.05) is 0 Å². The molecule has 1 aromatic rings. The molecule has 0 saturated carbocycles. The van der Waals surface area contributed by atoms with E-state index < -0.39 is 10.0 Å². The summed E-state index contributed by atoms with van der Waals surface area (Å²) in [4.78, 5) is 0. The van der Waals surface area contributed by atoms with Crippen molar-refractivity contribution >= 4 is 21.4 Å². The van der Waals surface area contributed by atoms with E-state index in [0.717, 1.165) is 0 Å². The van der Waals surface area contributed by atoms with E-state index in [9.17, 15) is 8.42 Å². The van der Waals surface area contributed by atoms with E-state index in [4.69, 9.17) is 11.5 Å². The summed E-state index contributed by atoms with van der Waals surface area (Å²) in [5.74, 6) is -0.110. The predicted octanol–water partition coefficient (Wildman–Crippen LogP) is -0.0308. The molecule has 0 heterocycles. The van der Waals surface area contributed by atoms with Crippen LogP contribution >= 0.6 is 0 Å². The van der Waals surface area contributed by atoms with E-state index in [2.05, 4.69) is 4.72 Å². The van der Waals surface area contributed by atoms with Crippen LogP contribution in [0.1, 0.15) is 0 Å². The molecule has 0 saturated heterocycles. The molecule has 5 nitrogen and oxygen atoms in total. The van der Waals surface area contributed by atoms with E-state index >= 15 is 0 Å². The fourth-order valence-electron chi connectivity index (χ4n) is 0.964. The van der Waals surface area contributed by atoms with Crippen LogP contribution in [0.4, 0.5) is 11.4 Å². The van der Waals surface area contributed by atoms with Crippen LogP contribution in [0.15, 0.2) is 24.3 Å². The van der Waals surface area contributed by atoms with Crippen molar-refractivity contribution in [3.05, 3.63) is 24.3 Å². The van der Waals surface area contributed by atoms with Crippen molar-refractivity contribution in [1.29, 1.82) is 0 Å². The molecule has 0 aliphatic heterocycles. The summed E-state index contributed by atoms with van der Waals surface area (Å²) in [6, 6.07) is 6.66. The maximum Gasteiger partial charge on any atom is 0.234 e. The minimum absolute atomic E-state index is 0.0854. The van der Waals surface area contributed by atoms with Gasteiger partial charge in [0, 0.05) is 6.54 Å². The lowest BCUT2D eigenvalue weighted by atomic mass is 10.3. The third kappa shape index (κ3) is 2.90. The molecule has 0 radical (unpaired) electrons. The minimum Gasteiger partial charge on any atom is -0.397 e. The first-order chi connectivity index (χ1) is 6.55. The second kappa shape index (κ2) is 4.30. The zero-order valence-electron chi connectivity index (χ0n) is 7.60. The van der Waals surface area contributed by atoms with Crippen LogP contribution in [-0.2, 0) is 10.0 Å². The molecule has 0 spiro atoms. The van der Waals surface area contributed by atoms with Gasteiger partial charge in [-0.25, -0.2) is 8.42 Å². The molecular formula is C8H13N3O2S. The molecule has 5 N–H and O–H groups in total. The van der Waals surface area contributed by atoms with E-state index in [1.54, 1.807) is 24.3 Å². The standard InChI is InChI=1S/C8H13N3O2S/c9-5-6-14(12,13)11-8-4-2-1-3-7(8)10/h1-4,11H,5-6,9-10H2. The zero-order valence-corrected chi connectivity index (χ0v) is 8.42. The Labute approximate surface area is 83.2 Å². The molecule has 1 rings (SSSR count). The van der Waals surface area contributed by atoms with Gasteiger partial charge in [-0.1, -0.05) is 12.1 Å². The van der Waals surface area contributed by atoms with Crippen LogP contribution in [0.2, 0.25) is 0 Å². The van der Waals surface area contributed by atoms with Crippen molar-refractivity contribution in [2.75, 3.05) is 22.8 Å². The number of para-hydroxylation sites is 2. The molecule has 0 amide bonds. The Morgan fingerprint density at radius 3 is 2.50 bits per heavy atom. The summed E-state index contributed by atoms with van der Waals surface area (Å²) >= 11 is 0. The average molecular weight is 215 g/mol. The molecule has 0 fully saturated rings. The van der Waals surface area contributed by atoms with Gasteiger partial charge in [0.2, 0.25) is 10.0 Å². The Kier molecular flexibility index (Phi) is 3.32. The van der Waals surface area contributed by atoms with E-state index in [0.29, 0.717) is 11.4 Å². The van der Waals surface area contributed by atoms with Crippen molar-refractivity contribution in [3.63, 3.8) is 0 Å². The lowest BCUT2D eigenvalue weighted by Crippen LogP contribution is -2.22. The first-order valence-corrected chi connectivity index (χ1v) is 5.75. The van der Waals surface area contributed by atoms with Crippen molar-refractivity contribution < 1.29 is 8.42 Å². The topological polar surface area (TPSA) is 98.2 Å². The van der Waals surface area contributed by atoms with Gasteiger partial charge in [-0.3, -0.25) is 4.72 Å². The molecule has 78 valence electrons. The highest BCUT2D eigenvalue weighted by atomic mass is 32.2. The quantitative estimate of drug-likeness (QED) is 0.614. The lowest BCUT2D eigenvalue weighted by Gasteiger charge is -2.08. The molecule has 0 aliphatic carbocycles. The highest BCUT2D eigenvalue weighted by Crippen LogP contribution is 2.17. The molecule has 1 aromatic carbocycles. The van der Waals surface area contributed by atoms with Crippen LogP contribution in [-0.4, -0.2) is 20.7 Å². The predicted molar refractivity (Wildman–Crippen MR) is 57.3 cm³/mol. The summed E-state index contributed by atoms with van der Waals surface area (Å²) in [5, 5.41) is 0. The molecule has 0 unspecified atom stereocenters. The maximum atomic E-state index is 11.3. The van der Waals surface area contributed by atoms with Crippen LogP contribution in [0.25, 0.3) is 0 Å². The maximum absolute atomic E-state index is 11.3. The first-order valence-electron chi connectivity index (χ1n) is 4.10. The van der Waals surface area contributed by atoms with Gasteiger partial charge in [-0.15, -0.1) is 0 Å². The average Bonchev–Trinajstić information content (AvgIpc) is 2.08. The summed E-state index contributed by atoms with van der Waals surface area (Å²) in [6.45, 7) is 0.0854. The van der Waals surface area contributed by atoms with Gasteiger partial charge in [-0.2, -0.15) is 0 Å². The Bertz CT molecular complexity index is 403. The molecule has 0 aliphatic rings. The Morgan fingerprint density at radius 1 is 1.29 bits per heavy atom. The smallest absolute Gasteiger partial charge is 0.234 e. The summed E-state index contributed by atoms with van der Waals surface area (Å²) in [7, 11) is -3.36. The normalized spacial score (nSPS) is 11.2. The highest BCUT2D eigenvalue weighted by Gasteiger charge is 2.09. The van der Waals surface area contributed by atoms with Crippen LogP contribution in [0.3, 0.4) is 0 Å².